The Labute approximate surface area is 202 Å². The molecule has 1 N–H and O–H groups in total. The zero-order valence-corrected chi connectivity index (χ0v) is 19.2. The third-order valence-corrected chi connectivity index (χ3v) is 5.18. The van der Waals surface area contributed by atoms with Gasteiger partial charge in [0.25, 0.3) is 17.2 Å². The highest BCUT2D eigenvalue weighted by Crippen LogP contribution is 2.36. The van der Waals surface area contributed by atoms with Crippen molar-refractivity contribution < 1.29 is 28.0 Å². The second-order valence-corrected chi connectivity index (χ2v) is 7.26. The number of methoxy groups -OCH3 is 1. The largest absolute Gasteiger partial charge is 0.493 e. The van der Waals surface area contributed by atoms with E-state index in [1.807, 2.05) is 0 Å². The number of nitrogens with one attached hydrogen (secondary N) is 1. The number of carbonyl (C=O) groups excluding carboxylic acids is 1. The average molecular weight is 499 g/mol. The number of alkyl halides is 2. The molecule has 0 atom stereocenters. The molecule has 0 aliphatic carbocycles. The standard InChI is InChI=1S/C23H19F2N5O6/c1-13-20(22(32)29(28(13)2)16-7-5-4-6-8-16)27-21(31)15(12-26)9-14-10-18(35-3)19(36-23(24)25)11-17(14)30(33)34/h4-11,23H,1-3H3,(H,27,31)/b15-9+. The number of nitrogens with zero attached hydrogens (tertiary/aromatic N) is 4. The van der Waals surface area contributed by atoms with Crippen LogP contribution in [0.25, 0.3) is 11.8 Å². The van der Waals surface area contributed by atoms with Crippen LogP contribution in [0.2, 0.25) is 0 Å². The van der Waals surface area contributed by atoms with Crippen molar-refractivity contribution in [3.63, 3.8) is 0 Å². The predicted molar refractivity (Wildman–Crippen MR) is 124 cm³/mol. The van der Waals surface area contributed by atoms with Crippen LogP contribution < -0.4 is 20.3 Å². The number of para-hydroxylation sites is 1. The normalized spacial score (nSPS) is 11.2. The summed E-state index contributed by atoms with van der Waals surface area (Å²) in [6.45, 7) is -1.68. The molecule has 0 spiro atoms. The summed E-state index contributed by atoms with van der Waals surface area (Å²) < 4.78 is 37.4. The van der Waals surface area contributed by atoms with Crippen LogP contribution in [0.1, 0.15) is 11.3 Å². The molecule has 0 bridgehead atoms. The highest BCUT2D eigenvalue weighted by atomic mass is 19.3. The molecular weight excluding hydrogens is 480 g/mol. The maximum Gasteiger partial charge on any atom is 0.387 e. The van der Waals surface area contributed by atoms with Crippen LogP contribution in [-0.2, 0) is 11.8 Å². The van der Waals surface area contributed by atoms with E-state index in [0.29, 0.717) is 17.4 Å². The van der Waals surface area contributed by atoms with Crippen molar-refractivity contribution in [2.75, 3.05) is 12.4 Å². The molecule has 3 rings (SSSR count). The van der Waals surface area contributed by atoms with Crippen molar-refractivity contribution in [2.45, 2.75) is 13.5 Å². The van der Waals surface area contributed by atoms with Gasteiger partial charge in [-0.25, -0.2) is 4.68 Å². The number of amides is 1. The lowest BCUT2D eigenvalue weighted by Gasteiger charge is -2.11. The topological polar surface area (TPSA) is 141 Å². The smallest absolute Gasteiger partial charge is 0.387 e. The average Bonchev–Trinajstić information content (AvgIpc) is 3.05. The highest BCUT2D eigenvalue weighted by Gasteiger charge is 2.24. The summed E-state index contributed by atoms with van der Waals surface area (Å²) in [5.74, 6) is -1.89. The lowest BCUT2D eigenvalue weighted by atomic mass is 10.1. The van der Waals surface area contributed by atoms with Crippen molar-refractivity contribution in [3.05, 3.63) is 79.8 Å². The summed E-state index contributed by atoms with van der Waals surface area (Å²) in [6, 6.07) is 11.9. The van der Waals surface area contributed by atoms with Crippen LogP contribution in [0, 0.1) is 28.4 Å². The number of benzene rings is 2. The third kappa shape index (κ3) is 5.07. The first kappa shape index (κ1) is 25.6. The second-order valence-electron chi connectivity index (χ2n) is 7.26. The lowest BCUT2D eigenvalue weighted by Crippen LogP contribution is -2.23. The van der Waals surface area contributed by atoms with Crippen molar-refractivity contribution >= 4 is 23.4 Å². The van der Waals surface area contributed by atoms with Gasteiger partial charge in [0.05, 0.1) is 35.0 Å². The first-order chi connectivity index (χ1) is 17.1. The van der Waals surface area contributed by atoms with E-state index >= 15 is 0 Å². The van der Waals surface area contributed by atoms with Gasteiger partial charge < -0.3 is 14.8 Å². The van der Waals surface area contributed by atoms with Gasteiger partial charge in [0.15, 0.2) is 11.5 Å². The summed E-state index contributed by atoms with van der Waals surface area (Å²) in [5, 5.41) is 23.5. The molecule has 13 heteroatoms. The van der Waals surface area contributed by atoms with Crippen molar-refractivity contribution in [1.82, 2.24) is 9.36 Å². The fourth-order valence-electron chi connectivity index (χ4n) is 3.38. The number of nitriles is 1. The van der Waals surface area contributed by atoms with Crippen molar-refractivity contribution in [1.29, 1.82) is 5.26 Å². The number of nitro benzene ring substituents is 1. The number of carbonyl (C=O) groups is 1. The molecule has 3 aromatic rings. The van der Waals surface area contributed by atoms with Crippen LogP contribution in [0.15, 0.2) is 52.8 Å². The molecule has 1 amide bonds. The van der Waals surface area contributed by atoms with E-state index in [9.17, 15) is 33.7 Å². The molecule has 0 aliphatic rings. The van der Waals surface area contributed by atoms with Gasteiger partial charge in [-0.2, -0.15) is 14.0 Å². The molecular formula is C23H19F2N5O6. The lowest BCUT2D eigenvalue weighted by molar-refractivity contribution is -0.385. The Bertz CT molecular complexity index is 1450. The fraction of sp³-hybridized carbons (Fsp3) is 0.174. The van der Waals surface area contributed by atoms with Crippen LogP contribution >= 0.6 is 0 Å². The Morgan fingerprint density at radius 2 is 1.92 bits per heavy atom. The number of hydrogen-bond donors (Lipinski definition) is 1. The molecule has 36 heavy (non-hydrogen) atoms. The van der Waals surface area contributed by atoms with E-state index in [1.165, 1.54) is 9.36 Å². The zero-order chi connectivity index (χ0) is 26.6. The molecule has 0 fully saturated rings. The number of aromatic nitrogens is 2. The van der Waals surface area contributed by atoms with E-state index in [-0.39, 0.29) is 17.0 Å². The second kappa shape index (κ2) is 10.5. The number of ether oxygens (including phenoxy) is 2. The Balaban J connectivity index is 2.04. The molecule has 0 saturated carbocycles. The summed E-state index contributed by atoms with van der Waals surface area (Å²) in [4.78, 5) is 36.5. The third-order valence-electron chi connectivity index (χ3n) is 5.18. The summed E-state index contributed by atoms with van der Waals surface area (Å²) in [7, 11) is 2.74. The van der Waals surface area contributed by atoms with Crippen LogP contribution in [0.3, 0.4) is 0 Å². The first-order valence-corrected chi connectivity index (χ1v) is 10.2. The summed E-state index contributed by atoms with van der Waals surface area (Å²) in [6.07, 6.45) is 0.885. The van der Waals surface area contributed by atoms with Gasteiger partial charge in [0, 0.05) is 7.05 Å². The molecule has 0 unspecified atom stereocenters. The van der Waals surface area contributed by atoms with Crippen LogP contribution in [0.5, 0.6) is 11.5 Å². The van der Waals surface area contributed by atoms with Gasteiger partial charge in [0.1, 0.15) is 17.3 Å². The number of halogens is 2. The van der Waals surface area contributed by atoms with Gasteiger partial charge >= 0.3 is 6.61 Å². The van der Waals surface area contributed by atoms with E-state index in [0.717, 1.165) is 19.3 Å². The van der Waals surface area contributed by atoms with Crippen LogP contribution in [-0.4, -0.2) is 33.9 Å². The molecule has 2 aromatic carbocycles. The zero-order valence-electron chi connectivity index (χ0n) is 19.2. The molecule has 186 valence electrons. The van der Waals surface area contributed by atoms with E-state index in [4.69, 9.17) is 4.74 Å². The minimum absolute atomic E-state index is 0.0970. The molecule has 0 aliphatic heterocycles. The number of rotatable bonds is 8. The summed E-state index contributed by atoms with van der Waals surface area (Å²) >= 11 is 0. The quantitative estimate of drug-likeness (QED) is 0.216. The predicted octanol–water partition coefficient (Wildman–Crippen LogP) is 3.55. The van der Waals surface area contributed by atoms with E-state index in [2.05, 4.69) is 10.1 Å². The van der Waals surface area contributed by atoms with Crippen molar-refractivity contribution in [2.24, 2.45) is 7.05 Å². The first-order valence-electron chi connectivity index (χ1n) is 10.2. The fourth-order valence-corrected chi connectivity index (χ4v) is 3.38. The Hall–Kier alpha value is -4.99. The minimum atomic E-state index is -3.27. The monoisotopic (exact) mass is 499 g/mol. The van der Waals surface area contributed by atoms with Crippen molar-refractivity contribution in [3.8, 4) is 23.3 Å². The van der Waals surface area contributed by atoms with E-state index in [1.54, 1.807) is 50.4 Å². The van der Waals surface area contributed by atoms with E-state index < -0.39 is 40.0 Å². The Kier molecular flexibility index (Phi) is 7.49. The Morgan fingerprint density at radius 3 is 2.47 bits per heavy atom. The molecule has 1 aromatic heterocycles. The highest BCUT2D eigenvalue weighted by molar-refractivity contribution is 6.10. The number of anilines is 1. The molecule has 1 heterocycles. The maximum absolute atomic E-state index is 13.0. The van der Waals surface area contributed by atoms with Gasteiger partial charge in [-0.1, -0.05) is 18.2 Å². The van der Waals surface area contributed by atoms with Gasteiger partial charge in [-0.3, -0.25) is 24.4 Å². The molecule has 11 nitrogen and oxygen atoms in total. The Morgan fingerprint density at radius 1 is 1.25 bits per heavy atom. The number of nitro groups is 1. The minimum Gasteiger partial charge on any atom is -0.493 e. The molecule has 0 saturated heterocycles. The number of hydrogen-bond acceptors (Lipinski definition) is 7. The van der Waals surface area contributed by atoms with Gasteiger partial charge in [-0.05, 0) is 31.2 Å². The SMILES string of the molecule is COc1cc(/C=C(\C#N)C(=O)Nc2c(C)n(C)n(-c3ccccc3)c2=O)c([N+](=O)[O-])cc1OC(F)F. The van der Waals surface area contributed by atoms with Crippen LogP contribution in [0.4, 0.5) is 20.2 Å². The molecule has 0 radical (unpaired) electrons. The summed E-state index contributed by atoms with van der Waals surface area (Å²) in [5.41, 5.74) is -1.31. The maximum atomic E-state index is 13.0. The van der Waals surface area contributed by atoms with Gasteiger partial charge in [-0.15, -0.1) is 0 Å². The van der Waals surface area contributed by atoms with Gasteiger partial charge in [0.2, 0.25) is 0 Å².